The molecule has 1 heterocycles. The largest absolute Gasteiger partial charge is 0.457 e. The van der Waals surface area contributed by atoms with Crippen LogP contribution in [0.5, 0.6) is 0 Å². The Bertz CT molecular complexity index is 922. The van der Waals surface area contributed by atoms with Crippen LogP contribution in [0.3, 0.4) is 0 Å². The summed E-state index contributed by atoms with van der Waals surface area (Å²) < 4.78 is 19.8. The Morgan fingerprint density at radius 1 is 1.00 bits per heavy atom. The number of benzene rings is 1. The van der Waals surface area contributed by atoms with E-state index < -0.39 is 65.8 Å². The Balaban J connectivity index is 1.99. The fourth-order valence-corrected chi connectivity index (χ4v) is 4.97. The van der Waals surface area contributed by atoms with Crippen molar-refractivity contribution in [3.8, 4) is 0 Å². The van der Waals surface area contributed by atoms with Crippen LogP contribution in [0.1, 0.15) is 83.1 Å². The number of aliphatic hydroxyl groups is 3. The van der Waals surface area contributed by atoms with Gasteiger partial charge in [-0.15, -0.1) is 0 Å². The van der Waals surface area contributed by atoms with E-state index in [9.17, 15) is 24.9 Å². The number of carbonyl (C=O) groups is 2. The summed E-state index contributed by atoms with van der Waals surface area (Å²) in [7, 11) is 0. The number of unbranched alkanes of at least 4 members (excludes halogenated alkanes) is 8. The predicted octanol–water partition coefficient (Wildman–Crippen LogP) is 5.33. The maximum absolute atomic E-state index is 13.1. The molecule has 1 aromatic carbocycles. The molecular weight excluding hydrogens is 625 g/mol. The first-order valence-electron chi connectivity index (χ1n) is 15.0. The van der Waals surface area contributed by atoms with Crippen LogP contribution < -0.4 is 5.32 Å². The minimum Gasteiger partial charge on any atom is -0.457 e. The molecule has 4 N–H and O–H groups in total. The summed E-state index contributed by atoms with van der Waals surface area (Å²) in [5.41, 5.74) is 0.958. The average Bonchev–Trinajstić information content (AvgIpc) is 2.97. The van der Waals surface area contributed by atoms with Gasteiger partial charge in [0.1, 0.15) is 24.9 Å². The lowest BCUT2D eigenvalue weighted by atomic mass is 9.96. The first kappa shape index (κ1) is 37.8. The molecule has 0 bridgehead atoms. The summed E-state index contributed by atoms with van der Waals surface area (Å²) in [6.07, 6.45) is 3.29. The highest BCUT2D eigenvalue weighted by atomic mass is 35.6. The van der Waals surface area contributed by atoms with Gasteiger partial charge in [-0.1, -0.05) is 130 Å². The second kappa shape index (κ2) is 20.6. The molecule has 246 valence electrons. The van der Waals surface area contributed by atoms with Crippen LogP contribution in [0.4, 0.5) is 4.79 Å². The van der Waals surface area contributed by atoms with Crippen molar-refractivity contribution in [2.75, 3.05) is 13.2 Å². The van der Waals surface area contributed by atoms with Crippen molar-refractivity contribution >= 4 is 46.9 Å². The van der Waals surface area contributed by atoms with Crippen molar-refractivity contribution in [1.82, 2.24) is 5.32 Å². The quantitative estimate of drug-likeness (QED) is 0.0872. The fourth-order valence-electron chi connectivity index (χ4n) is 4.80. The number of hydrogen-bond donors (Lipinski definition) is 4. The average molecular weight is 671 g/mol. The zero-order valence-corrected chi connectivity index (χ0v) is 26.9. The lowest BCUT2D eigenvalue weighted by molar-refractivity contribution is -0.258. The zero-order chi connectivity index (χ0) is 31.7. The molecule has 0 saturated carbocycles. The van der Waals surface area contributed by atoms with E-state index in [4.69, 9.17) is 53.8 Å². The Kier molecular flexibility index (Phi) is 18.1. The van der Waals surface area contributed by atoms with E-state index in [0.717, 1.165) is 24.8 Å². The van der Waals surface area contributed by atoms with E-state index in [0.29, 0.717) is 13.0 Å². The van der Waals surface area contributed by atoms with Gasteiger partial charge in [0.05, 0.1) is 25.7 Å². The van der Waals surface area contributed by atoms with Gasteiger partial charge in [-0.2, -0.15) is 0 Å². The Morgan fingerprint density at radius 2 is 1.63 bits per heavy atom. The van der Waals surface area contributed by atoms with Gasteiger partial charge in [-0.3, -0.25) is 4.79 Å². The Morgan fingerprint density at radius 3 is 2.23 bits per heavy atom. The van der Waals surface area contributed by atoms with Crippen LogP contribution in [0, 0.1) is 0 Å². The second-order valence-corrected chi connectivity index (χ2v) is 13.3. The number of ether oxygens (including phenoxy) is 4. The molecule has 0 aliphatic carbocycles. The Labute approximate surface area is 269 Å². The molecule has 2 rings (SSSR count). The minimum absolute atomic E-state index is 0.127. The normalized spacial score (nSPS) is 23.0. The van der Waals surface area contributed by atoms with Gasteiger partial charge in [0.25, 0.3) is 0 Å². The molecule has 0 radical (unpaired) electrons. The summed E-state index contributed by atoms with van der Waals surface area (Å²) in [4.78, 5) is 25.4. The van der Waals surface area contributed by atoms with Gasteiger partial charge in [0, 0.05) is 0 Å². The van der Waals surface area contributed by atoms with Crippen LogP contribution in [0.2, 0.25) is 0 Å². The van der Waals surface area contributed by atoms with Gasteiger partial charge in [-0.05, 0) is 12.0 Å². The molecule has 1 aliphatic heterocycles. The number of carbonyl (C=O) groups excluding carboxylic acids is 2. The SMILES string of the molecule is CCCCCCCCCCC[C@H](CC(=O)O[C@H]1[C@H](O)[C@@H](CO)O[C@H](O)[C@@H]1NC(=O)OCC(Cl)(Cl)Cl)OCc1ccccc1. The molecule has 1 fully saturated rings. The molecule has 1 amide bonds. The maximum atomic E-state index is 13.1. The lowest BCUT2D eigenvalue weighted by Crippen LogP contribution is -2.65. The highest BCUT2D eigenvalue weighted by Crippen LogP contribution is 2.27. The van der Waals surface area contributed by atoms with Gasteiger partial charge >= 0.3 is 12.1 Å². The van der Waals surface area contributed by atoms with Gasteiger partial charge < -0.3 is 39.6 Å². The highest BCUT2D eigenvalue weighted by molar-refractivity contribution is 6.67. The van der Waals surface area contributed by atoms with Crippen LogP contribution in [0.15, 0.2) is 30.3 Å². The van der Waals surface area contributed by atoms with Crippen molar-refractivity contribution in [3.05, 3.63) is 35.9 Å². The first-order valence-corrected chi connectivity index (χ1v) is 16.1. The molecule has 6 atom stereocenters. The summed E-state index contributed by atoms with van der Waals surface area (Å²) in [6.45, 7) is 1.24. The van der Waals surface area contributed by atoms with Crippen molar-refractivity contribution in [2.45, 2.75) is 125 Å². The van der Waals surface area contributed by atoms with E-state index in [1.165, 1.54) is 38.5 Å². The van der Waals surface area contributed by atoms with Crippen LogP contribution in [-0.2, 0) is 30.3 Å². The zero-order valence-electron chi connectivity index (χ0n) is 24.7. The number of rotatable bonds is 19. The molecule has 10 nitrogen and oxygen atoms in total. The maximum Gasteiger partial charge on any atom is 0.407 e. The van der Waals surface area contributed by atoms with E-state index >= 15 is 0 Å². The molecule has 1 aromatic rings. The molecule has 1 saturated heterocycles. The third-order valence-electron chi connectivity index (χ3n) is 7.14. The van der Waals surface area contributed by atoms with E-state index in [-0.39, 0.29) is 6.42 Å². The van der Waals surface area contributed by atoms with Crippen molar-refractivity contribution < 1.29 is 43.9 Å². The molecular formula is C30H46Cl3NO9. The monoisotopic (exact) mass is 669 g/mol. The van der Waals surface area contributed by atoms with Gasteiger partial charge in [-0.25, -0.2) is 4.79 Å². The number of alkyl carbamates (subject to hydrolysis) is 1. The third-order valence-corrected chi connectivity index (χ3v) is 7.47. The molecule has 1 aliphatic rings. The molecule has 0 spiro atoms. The van der Waals surface area contributed by atoms with E-state index in [1.54, 1.807) is 0 Å². The standard InChI is InChI=1S/C30H46Cl3NO9/c1-2-3-4-5-6-7-8-9-13-16-22(40-19-21-14-11-10-12-15-21)17-24(36)43-27-25(28(38)42-23(18-35)26(27)37)34-29(39)41-20-30(31,32)33/h10-12,14-15,22-23,25-28,35,37-38H,2-9,13,16-20H2,1H3,(H,34,39)/t22-,23-,25-,26-,27-,28+/m1/s1. The number of amides is 1. The molecule has 0 aromatic heterocycles. The number of aliphatic hydroxyl groups excluding tert-OH is 3. The molecule has 13 heteroatoms. The number of hydrogen-bond acceptors (Lipinski definition) is 9. The minimum atomic E-state index is -1.88. The van der Waals surface area contributed by atoms with Gasteiger partial charge in [0.2, 0.25) is 3.79 Å². The predicted molar refractivity (Wildman–Crippen MR) is 164 cm³/mol. The summed E-state index contributed by atoms with van der Waals surface area (Å²) >= 11 is 16.8. The smallest absolute Gasteiger partial charge is 0.407 e. The molecule has 43 heavy (non-hydrogen) atoms. The van der Waals surface area contributed by atoms with Gasteiger partial charge in [0.15, 0.2) is 12.4 Å². The number of esters is 1. The van der Waals surface area contributed by atoms with E-state index in [1.807, 2.05) is 30.3 Å². The fraction of sp³-hybridized carbons (Fsp3) is 0.733. The van der Waals surface area contributed by atoms with Crippen molar-refractivity contribution in [2.24, 2.45) is 0 Å². The van der Waals surface area contributed by atoms with Crippen LogP contribution in [-0.4, -0.2) is 81.1 Å². The lowest BCUT2D eigenvalue weighted by Gasteiger charge is -2.41. The second-order valence-electron chi connectivity index (χ2n) is 10.8. The summed E-state index contributed by atoms with van der Waals surface area (Å²) in [5.74, 6) is -0.717. The number of nitrogens with one attached hydrogen (secondary N) is 1. The van der Waals surface area contributed by atoms with E-state index in [2.05, 4.69) is 12.2 Å². The Hall–Kier alpha value is -1.37. The van der Waals surface area contributed by atoms with Crippen molar-refractivity contribution in [1.29, 1.82) is 0 Å². The summed E-state index contributed by atoms with van der Waals surface area (Å²) in [6, 6.07) is 8.14. The third kappa shape index (κ3) is 15.5. The molecule has 0 unspecified atom stereocenters. The number of halogens is 3. The highest BCUT2D eigenvalue weighted by Gasteiger charge is 2.48. The first-order chi connectivity index (χ1) is 20.5. The summed E-state index contributed by atoms with van der Waals surface area (Å²) in [5, 5.41) is 33.1. The van der Waals surface area contributed by atoms with Crippen LogP contribution >= 0.6 is 34.8 Å². The van der Waals surface area contributed by atoms with Crippen LogP contribution in [0.25, 0.3) is 0 Å². The number of alkyl halides is 3. The van der Waals surface area contributed by atoms with Crippen molar-refractivity contribution in [3.63, 3.8) is 0 Å². The topological polar surface area (TPSA) is 144 Å².